The van der Waals surface area contributed by atoms with Gasteiger partial charge in [-0.15, -0.1) is 0 Å². The maximum absolute atomic E-state index is 13.8. The van der Waals surface area contributed by atoms with Crippen molar-refractivity contribution >= 4 is 32.9 Å². The lowest BCUT2D eigenvalue weighted by Crippen LogP contribution is -2.71. The molecule has 0 radical (unpaired) electrons. The molecule has 31 heavy (non-hydrogen) atoms. The molecule has 1 aromatic carbocycles. The Kier molecular flexibility index (Phi) is 5.15. The zero-order chi connectivity index (χ0) is 22.2. The fraction of sp³-hybridized carbons (Fsp3) is 0.250. The number of primary amides is 2. The van der Waals surface area contributed by atoms with Crippen LogP contribution in [0.25, 0.3) is 10.9 Å². The van der Waals surface area contributed by atoms with Crippen LogP contribution in [0, 0.1) is 0 Å². The number of furan rings is 1. The molecule has 1 fully saturated rings. The molecular weight excluding hydrogens is 422 g/mol. The molecule has 0 saturated carbocycles. The summed E-state index contributed by atoms with van der Waals surface area (Å²) >= 11 is 0. The van der Waals surface area contributed by atoms with E-state index in [-0.39, 0.29) is 36.5 Å². The molecule has 3 aromatic rings. The van der Waals surface area contributed by atoms with Crippen molar-refractivity contribution in [2.75, 3.05) is 19.6 Å². The van der Waals surface area contributed by atoms with Crippen LogP contribution in [-0.2, 0) is 21.2 Å². The van der Waals surface area contributed by atoms with Crippen molar-refractivity contribution in [2.45, 2.75) is 16.9 Å². The number of aromatic nitrogens is 1. The van der Waals surface area contributed by atoms with Crippen LogP contribution >= 0.6 is 0 Å². The normalized spacial score (nSPS) is 20.1. The molecule has 1 aliphatic rings. The highest BCUT2D eigenvalue weighted by atomic mass is 32.2. The van der Waals surface area contributed by atoms with Crippen molar-refractivity contribution in [1.82, 2.24) is 14.2 Å². The number of sulfonamides is 1. The number of nitrogens with two attached hydrogens (primary N) is 2. The van der Waals surface area contributed by atoms with Gasteiger partial charge in [-0.2, -0.15) is 4.31 Å². The number of rotatable bonds is 5. The number of benzene rings is 1. The van der Waals surface area contributed by atoms with Crippen LogP contribution < -0.4 is 11.5 Å². The van der Waals surface area contributed by atoms with Crippen LogP contribution in [0.4, 0.5) is 4.79 Å². The number of fused-ring (bicyclic) bond motifs is 1. The standard InChI is InChI=1S/C20H21N5O5S/c21-18(26)20(12-15-6-3-11-30-15)13-24(19(22)27)9-10-25(20)31(28,29)16-7-1-4-14-5-2-8-23-17(14)16/h1-8,11H,9-10,12-13H2,(H2,21,26)(H2,22,27). The SMILES string of the molecule is NC(=O)N1CCN(S(=O)(=O)c2cccc3cccnc23)C(Cc2ccco2)(C(N)=O)C1. The Labute approximate surface area is 178 Å². The van der Waals surface area contributed by atoms with E-state index in [1.807, 2.05) is 0 Å². The lowest BCUT2D eigenvalue weighted by molar-refractivity contribution is -0.130. The third-order valence-electron chi connectivity index (χ3n) is 5.48. The van der Waals surface area contributed by atoms with Crippen molar-refractivity contribution in [3.63, 3.8) is 0 Å². The Hall–Kier alpha value is -3.44. The van der Waals surface area contributed by atoms with Gasteiger partial charge in [-0.1, -0.05) is 18.2 Å². The Morgan fingerprint density at radius 3 is 2.55 bits per heavy atom. The van der Waals surface area contributed by atoms with Gasteiger partial charge in [0.1, 0.15) is 16.2 Å². The summed E-state index contributed by atoms with van der Waals surface area (Å²) in [6.45, 7) is -0.451. The monoisotopic (exact) mass is 443 g/mol. The van der Waals surface area contributed by atoms with E-state index in [2.05, 4.69) is 4.98 Å². The molecule has 10 nitrogen and oxygen atoms in total. The number of piperazine rings is 1. The number of pyridine rings is 1. The van der Waals surface area contributed by atoms with Crippen molar-refractivity contribution in [1.29, 1.82) is 0 Å². The second kappa shape index (κ2) is 7.67. The summed E-state index contributed by atoms with van der Waals surface area (Å²) < 4.78 is 34.1. The topological polar surface area (TPSA) is 153 Å². The number of carbonyl (C=O) groups is 2. The minimum atomic E-state index is -4.24. The molecule has 1 atom stereocenters. The lowest BCUT2D eigenvalue weighted by Gasteiger charge is -2.47. The zero-order valence-corrected chi connectivity index (χ0v) is 17.3. The summed E-state index contributed by atoms with van der Waals surface area (Å²) in [6.07, 6.45) is 2.75. The Morgan fingerprint density at radius 1 is 1.10 bits per heavy atom. The molecule has 4 rings (SSSR count). The highest BCUT2D eigenvalue weighted by Gasteiger charge is 2.53. The first-order chi connectivity index (χ1) is 14.8. The average molecular weight is 443 g/mol. The van der Waals surface area contributed by atoms with Crippen molar-refractivity contribution < 1.29 is 22.4 Å². The Bertz CT molecular complexity index is 1240. The van der Waals surface area contributed by atoms with E-state index in [0.29, 0.717) is 11.1 Å². The first kappa shape index (κ1) is 20.8. The smallest absolute Gasteiger partial charge is 0.314 e. The summed E-state index contributed by atoms with van der Waals surface area (Å²) in [7, 11) is -4.24. The van der Waals surface area contributed by atoms with Crippen LogP contribution in [0.3, 0.4) is 0 Å². The summed E-state index contributed by atoms with van der Waals surface area (Å²) in [4.78, 5) is 30.1. The second-order valence-electron chi connectivity index (χ2n) is 7.32. The molecule has 3 heterocycles. The van der Waals surface area contributed by atoms with Crippen molar-refractivity contribution in [2.24, 2.45) is 11.5 Å². The van der Waals surface area contributed by atoms with Gasteiger partial charge >= 0.3 is 6.03 Å². The van der Waals surface area contributed by atoms with E-state index in [4.69, 9.17) is 15.9 Å². The molecule has 4 N–H and O–H groups in total. The van der Waals surface area contributed by atoms with E-state index >= 15 is 0 Å². The number of urea groups is 1. The summed E-state index contributed by atoms with van der Waals surface area (Å²) in [6, 6.07) is 10.7. The Balaban J connectivity index is 1.89. The Morgan fingerprint density at radius 2 is 1.87 bits per heavy atom. The highest BCUT2D eigenvalue weighted by molar-refractivity contribution is 7.89. The van der Waals surface area contributed by atoms with Crippen LogP contribution in [0.15, 0.2) is 64.2 Å². The molecule has 3 amide bonds. The fourth-order valence-corrected chi connectivity index (χ4v) is 5.87. The molecule has 0 aliphatic carbocycles. The van der Waals surface area contributed by atoms with Crippen LogP contribution in [0.5, 0.6) is 0 Å². The second-order valence-corrected chi connectivity index (χ2v) is 9.15. The van der Waals surface area contributed by atoms with Gasteiger partial charge in [-0.05, 0) is 24.3 Å². The number of amides is 3. The molecule has 1 unspecified atom stereocenters. The molecular formula is C20H21N5O5S. The summed E-state index contributed by atoms with van der Waals surface area (Å²) in [5.74, 6) is -0.562. The van der Waals surface area contributed by atoms with E-state index in [1.165, 1.54) is 23.4 Å². The highest BCUT2D eigenvalue weighted by Crippen LogP contribution is 2.34. The van der Waals surface area contributed by atoms with Gasteiger partial charge in [0.15, 0.2) is 0 Å². The van der Waals surface area contributed by atoms with E-state index in [1.54, 1.807) is 36.4 Å². The summed E-state index contributed by atoms with van der Waals surface area (Å²) in [5.41, 5.74) is 9.70. The van der Waals surface area contributed by atoms with Gasteiger partial charge in [-0.25, -0.2) is 13.2 Å². The van der Waals surface area contributed by atoms with Gasteiger partial charge in [0, 0.05) is 31.1 Å². The van der Waals surface area contributed by atoms with Crippen LogP contribution in [-0.4, -0.2) is 59.7 Å². The van der Waals surface area contributed by atoms with Crippen molar-refractivity contribution in [3.8, 4) is 0 Å². The number of para-hydroxylation sites is 1. The first-order valence-corrected chi connectivity index (χ1v) is 10.9. The lowest BCUT2D eigenvalue weighted by atomic mass is 9.90. The van der Waals surface area contributed by atoms with E-state index in [9.17, 15) is 18.0 Å². The third-order valence-corrected chi connectivity index (χ3v) is 7.48. The van der Waals surface area contributed by atoms with Gasteiger partial charge in [0.2, 0.25) is 15.9 Å². The first-order valence-electron chi connectivity index (χ1n) is 9.49. The molecule has 0 spiro atoms. The maximum atomic E-state index is 13.8. The maximum Gasteiger partial charge on any atom is 0.314 e. The zero-order valence-electron chi connectivity index (χ0n) is 16.5. The molecule has 162 valence electrons. The number of nitrogens with zero attached hydrogens (tertiary/aromatic N) is 3. The van der Waals surface area contributed by atoms with Gasteiger partial charge in [0.25, 0.3) is 0 Å². The predicted molar refractivity (Wildman–Crippen MR) is 111 cm³/mol. The average Bonchev–Trinajstić information content (AvgIpc) is 3.25. The van der Waals surface area contributed by atoms with Gasteiger partial charge in [0.05, 0.1) is 18.3 Å². The molecule has 0 bridgehead atoms. The minimum absolute atomic E-state index is 0.0138. The minimum Gasteiger partial charge on any atom is -0.469 e. The third kappa shape index (κ3) is 3.51. The quantitative estimate of drug-likeness (QED) is 0.591. The van der Waals surface area contributed by atoms with Crippen LogP contribution in [0.2, 0.25) is 0 Å². The van der Waals surface area contributed by atoms with E-state index < -0.39 is 27.5 Å². The molecule has 1 saturated heterocycles. The number of hydrogen-bond donors (Lipinski definition) is 2. The number of hydrogen-bond acceptors (Lipinski definition) is 6. The molecule has 11 heteroatoms. The predicted octanol–water partition coefficient (Wildman–Crippen LogP) is 0.680. The number of carbonyl (C=O) groups excluding carboxylic acids is 2. The van der Waals surface area contributed by atoms with E-state index in [0.717, 1.165) is 4.31 Å². The molecule has 1 aliphatic heterocycles. The molecule has 2 aromatic heterocycles. The van der Waals surface area contributed by atoms with Gasteiger partial charge in [-0.3, -0.25) is 9.78 Å². The van der Waals surface area contributed by atoms with Crippen LogP contribution in [0.1, 0.15) is 5.76 Å². The fourth-order valence-electron chi connectivity index (χ4n) is 3.97. The summed E-state index contributed by atoms with van der Waals surface area (Å²) in [5, 5.41) is 0.634. The van der Waals surface area contributed by atoms with Gasteiger partial charge < -0.3 is 20.8 Å². The largest absolute Gasteiger partial charge is 0.469 e. The van der Waals surface area contributed by atoms with Crippen molar-refractivity contribution in [3.05, 3.63) is 60.7 Å².